The van der Waals surface area contributed by atoms with Crippen LogP contribution in [0.2, 0.25) is 5.02 Å². The Bertz CT molecular complexity index is 902. The molecule has 1 amide bonds. The summed E-state index contributed by atoms with van der Waals surface area (Å²) >= 11 is 7.08. The van der Waals surface area contributed by atoms with Crippen LogP contribution in [0.5, 0.6) is 0 Å². The lowest BCUT2D eigenvalue weighted by Crippen LogP contribution is -2.22. The maximum absolute atomic E-state index is 13.8. The van der Waals surface area contributed by atoms with Crippen molar-refractivity contribution in [2.24, 2.45) is 0 Å². The third-order valence-corrected chi connectivity index (χ3v) is 4.53. The number of amides is 1. The molecule has 1 unspecified atom stereocenters. The number of nitrogens with zero attached hydrogens (tertiary/aromatic N) is 2. The summed E-state index contributed by atoms with van der Waals surface area (Å²) in [6, 6.07) is 13.2. The topological polar surface area (TPSA) is 70.7 Å². The van der Waals surface area contributed by atoms with E-state index in [9.17, 15) is 9.18 Å². The van der Waals surface area contributed by atoms with Gasteiger partial charge in [-0.3, -0.25) is 9.89 Å². The maximum atomic E-state index is 13.8. The van der Waals surface area contributed by atoms with Gasteiger partial charge < -0.3 is 5.32 Å². The summed E-state index contributed by atoms with van der Waals surface area (Å²) in [6.07, 6.45) is 0. The van der Waals surface area contributed by atoms with E-state index in [2.05, 4.69) is 20.5 Å². The van der Waals surface area contributed by atoms with Gasteiger partial charge in [0, 0.05) is 10.7 Å². The van der Waals surface area contributed by atoms with E-state index in [-0.39, 0.29) is 11.7 Å². The van der Waals surface area contributed by atoms with E-state index in [1.165, 1.54) is 17.8 Å². The number of carbonyl (C=O) groups excluding carboxylic acids is 1. The molecule has 2 aromatic carbocycles. The van der Waals surface area contributed by atoms with E-state index in [1.54, 1.807) is 49.4 Å². The summed E-state index contributed by atoms with van der Waals surface area (Å²) < 4.78 is 13.8. The lowest BCUT2D eigenvalue weighted by atomic mass is 10.2. The zero-order chi connectivity index (χ0) is 17.8. The van der Waals surface area contributed by atoms with Gasteiger partial charge in [0.2, 0.25) is 11.1 Å². The van der Waals surface area contributed by atoms with E-state index >= 15 is 0 Å². The first-order valence-electron chi connectivity index (χ1n) is 7.43. The molecule has 0 fully saturated rings. The van der Waals surface area contributed by atoms with Crippen LogP contribution in [0.15, 0.2) is 53.7 Å². The van der Waals surface area contributed by atoms with Crippen LogP contribution in [0.1, 0.15) is 6.92 Å². The summed E-state index contributed by atoms with van der Waals surface area (Å²) in [5, 5.41) is 9.98. The number of rotatable bonds is 5. The summed E-state index contributed by atoms with van der Waals surface area (Å²) in [4.78, 5) is 16.5. The highest BCUT2D eigenvalue weighted by Crippen LogP contribution is 2.25. The molecule has 2 N–H and O–H groups in total. The Balaban J connectivity index is 1.66. The van der Waals surface area contributed by atoms with Gasteiger partial charge >= 0.3 is 0 Å². The van der Waals surface area contributed by atoms with Crippen molar-refractivity contribution in [1.82, 2.24) is 15.2 Å². The van der Waals surface area contributed by atoms with Crippen LogP contribution in [0, 0.1) is 5.82 Å². The fourth-order valence-corrected chi connectivity index (χ4v) is 3.01. The van der Waals surface area contributed by atoms with Crippen molar-refractivity contribution in [2.45, 2.75) is 17.3 Å². The Kier molecular flexibility index (Phi) is 5.35. The van der Waals surface area contributed by atoms with Gasteiger partial charge in [-0.15, -0.1) is 5.10 Å². The Labute approximate surface area is 153 Å². The molecule has 8 heteroatoms. The zero-order valence-electron chi connectivity index (χ0n) is 13.2. The number of aromatic amines is 1. The van der Waals surface area contributed by atoms with E-state index in [1.807, 2.05) is 0 Å². The van der Waals surface area contributed by atoms with Gasteiger partial charge in [0.1, 0.15) is 5.82 Å². The molecule has 3 rings (SSSR count). The Morgan fingerprint density at radius 2 is 2.08 bits per heavy atom. The highest BCUT2D eigenvalue weighted by Gasteiger charge is 2.18. The normalized spacial score (nSPS) is 12.0. The largest absolute Gasteiger partial charge is 0.325 e. The van der Waals surface area contributed by atoms with Crippen molar-refractivity contribution in [1.29, 1.82) is 0 Å². The lowest BCUT2D eigenvalue weighted by Gasteiger charge is -2.10. The first-order valence-corrected chi connectivity index (χ1v) is 8.69. The van der Waals surface area contributed by atoms with Crippen molar-refractivity contribution >= 4 is 35.0 Å². The number of carbonyl (C=O) groups is 1. The van der Waals surface area contributed by atoms with Gasteiger partial charge in [-0.25, -0.2) is 9.37 Å². The molecule has 0 saturated carbocycles. The minimum Gasteiger partial charge on any atom is -0.325 e. The highest BCUT2D eigenvalue weighted by molar-refractivity contribution is 8.00. The van der Waals surface area contributed by atoms with Crippen LogP contribution >= 0.6 is 23.4 Å². The summed E-state index contributed by atoms with van der Waals surface area (Å²) in [7, 11) is 0. The molecule has 25 heavy (non-hydrogen) atoms. The highest BCUT2D eigenvalue weighted by atomic mass is 35.5. The fourth-order valence-electron chi connectivity index (χ4n) is 2.09. The predicted molar refractivity (Wildman–Crippen MR) is 97.2 cm³/mol. The van der Waals surface area contributed by atoms with Crippen molar-refractivity contribution in [2.75, 3.05) is 5.32 Å². The van der Waals surface area contributed by atoms with Crippen LogP contribution in [0.4, 0.5) is 10.1 Å². The molecule has 0 bridgehead atoms. The first kappa shape index (κ1) is 17.4. The Morgan fingerprint density at radius 3 is 2.84 bits per heavy atom. The number of H-pyrrole nitrogens is 1. The Morgan fingerprint density at radius 1 is 1.28 bits per heavy atom. The quantitative estimate of drug-likeness (QED) is 0.648. The molecule has 1 atom stereocenters. The average Bonchev–Trinajstić information content (AvgIpc) is 3.03. The van der Waals surface area contributed by atoms with E-state index in [0.29, 0.717) is 27.3 Å². The molecule has 0 aliphatic heterocycles. The molecule has 1 aromatic heterocycles. The predicted octanol–water partition coefficient (Wildman–Crippen LogP) is 4.38. The molecule has 0 aliphatic carbocycles. The van der Waals surface area contributed by atoms with E-state index in [0.717, 1.165) is 0 Å². The van der Waals surface area contributed by atoms with Crippen LogP contribution < -0.4 is 5.32 Å². The van der Waals surface area contributed by atoms with E-state index in [4.69, 9.17) is 11.6 Å². The SMILES string of the molecule is CC(Sc1n[nH]c(-c2ccccc2F)n1)C(=O)Nc1cccc(Cl)c1. The standard InChI is InChI=1S/C17H14ClFN4OS/c1-10(16(24)20-12-6-4-5-11(18)9-12)25-17-21-15(22-23-17)13-7-2-3-8-14(13)19/h2-10H,1H3,(H,20,24)(H,21,22,23). The molecule has 0 aliphatic rings. The molecule has 0 saturated heterocycles. The molecular formula is C17H14ClFN4OS. The maximum Gasteiger partial charge on any atom is 0.237 e. The number of aromatic nitrogens is 3. The van der Waals surface area contributed by atoms with Gasteiger partial charge in [0.15, 0.2) is 5.82 Å². The minimum atomic E-state index is -0.441. The van der Waals surface area contributed by atoms with Crippen LogP contribution in [0.3, 0.4) is 0 Å². The number of thioether (sulfide) groups is 1. The van der Waals surface area contributed by atoms with Crippen molar-refractivity contribution in [3.05, 3.63) is 59.4 Å². The van der Waals surface area contributed by atoms with Crippen molar-refractivity contribution in [3.63, 3.8) is 0 Å². The van der Waals surface area contributed by atoms with Gasteiger partial charge in [-0.2, -0.15) is 0 Å². The molecule has 128 valence electrons. The lowest BCUT2D eigenvalue weighted by molar-refractivity contribution is -0.115. The molecule has 0 spiro atoms. The van der Waals surface area contributed by atoms with Crippen molar-refractivity contribution < 1.29 is 9.18 Å². The molecule has 5 nitrogen and oxygen atoms in total. The second-order valence-electron chi connectivity index (χ2n) is 5.21. The van der Waals surface area contributed by atoms with Crippen molar-refractivity contribution in [3.8, 4) is 11.4 Å². The molecular weight excluding hydrogens is 363 g/mol. The monoisotopic (exact) mass is 376 g/mol. The summed E-state index contributed by atoms with van der Waals surface area (Å²) in [6.45, 7) is 1.74. The van der Waals surface area contributed by atoms with E-state index < -0.39 is 5.25 Å². The number of halogens is 2. The third-order valence-electron chi connectivity index (χ3n) is 3.34. The number of hydrogen-bond donors (Lipinski definition) is 2. The van der Waals surface area contributed by atoms with Crippen LogP contribution in [-0.4, -0.2) is 26.3 Å². The van der Waals surface area contributed by atoms with Gasteiger partial charge in [-0.05, 0) is 37.3 Å². The number of hydrogen-bond acceptors (Lipinski definition) is 4. The van der Waals surface area contributed by atoms with Gasteiger partial charge in [-0.1, -0.05) is 41.6 Å². The Hall–Kier alpha value is -2.38. The fraction of sp³-hybridized carbons (Fsp3) is 0.118. The minimum absolute atomic E-state index is 0.204. The summed E-state index contributed by atoms with van der Waals surface area (Å²) in [5.41, 5.74) is 0.949. The number of nitrogens with one attached hydrogen (secondary N) is 2. The molecule has 0 radical (unpaired) electrons. The zero-order valence-corrected chi connectivity index (χ0v) is 14.7. The summed E-state index contributed by atoms with van der Waals surface area (Å²) in [5.74, 6) is -0.269. The number of benzene rings is 2. The van der Waals surface area contributed by atoms with Gasteiger partial charge in [0.25, 0.3) is 0 Å². The van der Waals surface area contributed by atoms with Gasteiger partial charge in [0.05, 0.1) is 10.8 Å². The van der Waals surface area contributed by atoms with Crippen LogP contribution in [-0.2, 0) is 4.79 Å². The second kappa shape index (κ2) is 7.67. The second-order valence-corrected chi connectivity index (χ2v) is 6.95. The molecule has 1 heterocycles. The average molecular weight is 377 g/mol. The molecule has 3 aromatic rings. The first-order chi connectivity index (χ1) is 12.0. The third kappa shape index (κ3) is 4.37. The number of anilines is 1. The smallest absolute Gasteiger partial charge is 0.237 e. The van der Waals surface area contributed by atoms with Crippen LogP contribution in [0.25, 0.3) is 11.4 Å².